The predicted molar refractivity (Wildman–Crippen MR) is 49.2 cm³/mol. The second-order valence-corrected chi connectivity index (χ2v) is 3.05. The summed E-state index contributed by atoms with van der Waals surface area (Å²) < 4.78 is 0. The zero-order chi connectivity index (χ0) is 8.67. The molecule has 3 heteroatoms. The summed E-state index contributed by atoms with van der Waals surface area (Å²) in [6.07, 6.45) is 0. The fourth-order valence-electron chi connectivity index (χ4n) is 1.53. The van der Waals surface area contributed by atoms with Crippen molar-refractivity contribution in [3.63, 3.8) is 0 Å². The lowest BCUT2D eigenvalue weighted by atomic mass is 10.2. The maximum atomic E-state index is 5.19. The summed E-state index contributed by atoms with van der Waals surface area (Å²) in [6, 6.07) is 10.0. The van der Waals surface area contributed by atoms with Crippen LogP contribution in [0.3, 0.4) is 0 Å². The van der Waals surface area contributed by atoms with Crippen molar-refractivity contribution in [3.05, 3.63) is 36.0 Å². The molecule has 0 radical (unpaired) electrons. The molecule has 0 bridgehead atoms. The van der Waals surface area contributed by atoms with E-state index in [0.29, 0.717) is 6.54 Å². The first-order chi connectivity index (χ1) is 6.43. The average molecular weight is 172 g/mol. The molecule has 13 heavy (non-hydrogen) atoms. The van der Waals surface area contributed by atoms with E-state index in [9.17, 15) is 0 Å². The Bertz CT molecular complexity index is 425. The molecule has 2 heterocycles. The number of hydrogen-bond acceptors (Lipinski definition) is 3. The Labute approximate surface area is 75.3 Å². The van der Waals surface area contributed by atoms with Crippen LogP contribution < -0.4 is 10.3 Å². The molecular formula is C10H8N2O. The van der Waals surface area contributed by atoms with Gasteiger partial charge in [-0.05, 0) is 12.1 Å². The molecule has 0 saturated carbocycles. The van der Waals surface area contributed by atoms with Gasteiger partial charge in [-0.25, -0.2) is 4.98 Å². The zero-order valence-corrected chi connectivity index (χ0v) is 6.95. The van der Waals surface area contributed by atoms with Crippen LogP contribution in [0.1, 0.15) is 5.69 Å². The third-order valence-corrected chi connectivity index (χ3v) is 2.18. The van der Waals surface area contributed by atoms with Crippen molar-refractivity contribution in [1.82, 2.24) is 10.5 Å². The van der Waals surface area contributed by atoms with Crippen LogP contribution in [0.15, 0.2) is 30.3 Å². The number of fused-ring (bicyclic) bond motifs is 2. The Morgan fingerprint density at radius 3 is 3.23 bits per heavy atom. The molecule has 1 aromatic heterocycles. The maximum absolute atomic E-state index is 5.19. The van der Waals surface area contributed by atoms with E-state index in [-0.39, 0.29) is 0 Å². The van der Waals surface area contributed by atoms with Crippen LogP contribution in [-0.4, -0.2) is 4.98 Å². The van der Waals surface area contributed by atoms with Crippen LogP contribution in [0.4, 0.5) is 0 Å². The van der Waals surface area contributed by atoms with Gasteiger partial charge in [-0.2, -0.15) is 5.48 Å². The Hall–Kier alpha value is -1.61. The Morgan fingerprint density at radius 1 is 1.31 bits per heavy atom. The van der Waals surface area contributed by atoms with Crippen molar-refractivity contribution in [2.24, 2.45) is 0 Å². The summed E-state index contributed by atoms with van der Waals surface area (Å²) >= 11 is 0. The number of pyridine rings is 1. The number of rotatable bonds is 0. The van der Waals surface area contributed by atoms with Crippen molar-refractivity contribution in [2.75, 3.05) is 0 Å². The molecule has 1 N–H and O–H groups in total. The van der Waals surface area contributed by atoms with Crippen LogP contribution in [0.25, 0.3) is 10.9 Å². The molecule has 2 aromatic rings. The molecule has 64 valence electrons. The van der Waals surface area contributed by atoms with Gasteiger partial charge >= 0.3 is 0 Å². The number of hydroxylamine groups is 1. The Morgan fingerprint density at radius 2 is 2.23 bits per heavy atom. The van der Waals surface area contributed by atoms with E-state index in [4.69, 9.17) is 4.84 Å². The molecule has 1 aliphatic heterocycles. The standard InChI is InChI=1S/C10H8N2O/c1-2-4-8-7(3-1)5-10-9(12-8)6-11-13-10/h1-5,11H,6H2. The van der Waals surface area contributed by atoms with Gasteiger partial charge in [-0.15, -0.1) is 0 Å². The molecule has 0 atom stereocenters. The average Bonchev–Trinajstić information content (AvgIpc) is 2.61. The molecule has 3 rings (SSSR count). The molecule has 1 aliphatic rings. The van der Waals surface area contributed by atoms with E-state index in [0.717, 1.165) is 22.3 Å². The SMILES string of the molecule is c1ccc2nc3c(cc2c1)ONC3. The molecule has 1 aromatic carbocycles. The van der Waals surface area contributed by atoms with Gasteiger partial charge in [0, 0.05) is 5.39 Å². The first kappa shape index (κ1) is 6.86. The van der Waals surface area contributed by atoms with Gasteiger partial charge < -0.3 is 4.84 Å². The highest BCUT2D eigenvalue weighted by Gasteiger charge is 2.13. The normalized spacial score (nSPS) is 14.2. The summed E-state index contributed by atoms with van der Waals surface area (Å²) in [5.74, 6) is 0.846. The maximum Gasteiger partial charge on any atom is 0.170 e. The Balaban J connectivity index is 2.36. The van der Waals surface area contributed by atoms with Gasteiger partial charge in [0.05, 0.1) is 12.1 Å². The van der Waals surface area contributed by atoms with Gasteiger partial charge in [0.25, 0.3) is 0 Å². The van der Waals surface area contributed by atoms with Crippen molar-refractivity contribution in [2.45, 2.75) is 6.54 Å². The van der Waals surface area contributed by atoms with E-state index in [1.165, 1.54) is 0 Å². The van der Waals surface area contributed by atoms with E-state index in [2.05, 4.69) is 10.5 Å². The third-order valence-electron chi connectivity index (χ3n) is 2.18. The quantitative estimate of drug-likeness (QED) is 0.655. The molecule has 0 aliphatic carbocycles. The van der Waals surface area contributed by atoms with E-state index in [1.54, 1.807) is 0 Å². The number of nitrogens with zero attached hydrogens (tertiary/aromatic N) is 1. The van der Waals surface area contributed by atoms with Crippen LogP contribution >= 0.6 is 0 Å². The minimum atomic E-state index is 0.695. The number of benzene rings is 1. The Kier molecular flexibility index (Phi) is 1.29. The van der Waals surface area contributed by atoms with Crippen molar-refractivity contribution < 1.29 is 4.84 Å². The molecule has 0 saturated heterocycles. The van der Waals surface area contributed by atoms with Crippen molar-refractivity contribution in [3.8, 4) is 5.75 Å². The van der Waals surface area contributed by atoms with Gasteiger partial charge in [-0.1, -0.05) is 18.2 Å². The highest BCUT2D eigenvalue weighted by Crippen LogP contribution is 2.25. The number of nitrogens with one attached hydrogen (secondary N) is 1. The summed E-state index contributed by atoms with van der Waals surface area (Å²) in [7, 11) is 0. The second kappa shape index (κ2) is 2.44. The fraction of sp³-hybridized carbons (Fsp3) is 0.100. The van der Waals surface area contributed by atoms with Crippen molar-refractivity contribution in [1.29, 1.82) is 0 Å². The fourth-order valence-corrected chi connectivity index (χ4v) is 1.53. The molecule has 0 amide bonds. The van der Waals surface area contributed by atoms with Gasteiger partial charge in [0.15, 0.2) is 5.75 Å². The molecule has 3 nitrogen and oxygen atoms in total. The highest BCUT2D eigenvalue weighted by molar-refractivity contribution is 5.80. The second-order valence-electron chi connectivity index (χ2n) is 3.05. The highest BCUT2D eigenvalue weighted by atomic mass is 16.7. The largest absolute Gasteiger partial charge is 0.406 e. The topological polar surface area (TPSA) is 34.1 Å². The van der Waals surface area contributed by atoms with Crippen molar-refractivity contribution >= 4 is 10.9 Å². The lowest BCUT2D eigenvalue weighted by molar-refractivity contribution is 0.224. The minimum absolute atomic E-state index is 0.695. The summed E-state index contributed by atoms with van der Waals surface area (Å²) in [4.78, 5) is 9.66. The lowest BCUT2D eigenvalue weighted by Gasteiger charge is -1.99. The first-order valence-electron chi connectivity index (χ1n) is 4.22. The summed E-state index contributed by atoms with van der Waals surface area (Å²) in [5.41, 5.74) is 4.81. The van der Waals surface area contributed by atoms with Crippen LogP contribution in [0.2, 0.25) is 0 Å². The summed E-state index contributed by atoms with van der Waals surface area (Å²) in [6.45, 7) is 0.695. The van der Waals surface area contributed by atoms with Gasteiger partial charge in [0.2, 0.25) is 0 Å². The smallest absolute Gasteiger partial charge is 0.170 e. The molecular weight excluding hydrogens is 164 g/mol. The number of para-hydroxylation sites is 1. The van der Waals surface area contributed by atoms with Crippen LogP contribution in [0.5, 0.6) is 5.75 Å². The lowest BCUT2D eigenvalue weighted by Crippen LogP contribution is -2.07. The van der Waals surface area contributed by atoms with E-state index in [1.807, 2.05) is 30.3 Å². The van der Waals surface area contributed by atoms with Gasteiger partial charge in [0.1, 0.15) is 5.69 Å². The minimum Gasteiger partial charge on any atom is -0.406 e. The number of aromatic nitrogens is 1. The first-order valence-corrected chi connectivity index (χ1v) is 4.22. The van der Waals surface area contributed by atoms with Gasteiger partial charge in [-0.3, -0.25) is 0 Å². The van der Waals surface area contributed by atoms with E-state index < -0.39 is 0 Å². The zero-order valence-electron chi connectivity index (χ0n) is 6.95. The molecule has 0 unspecified atom stereocenters. The number of hydrogen-bond donors (Lipinski definition) is 1. The van der Waals surface area contributed by atoms with E-state index >= 15 is 0 Å². The predicted octanol–water partition coefficient (Wildman–Crippen LogP) is 1.63. The summed E-state index contributed by atoms with van der Waals surface area (Å²) in [5, 5.41) is 1.12. The third kappa shape index (κ3) is 0.975. The van der Waals surface area contributed by atoms with Crippen LogP contribution in [-0.2, 0) is 6.54 Å². The van der Waals surface area contributed by atoms with Crippen LogP contribution in [0, 0.1) is 0 Å². The monoisotopic (exact) mass is 172 g/mol. The molecule has 0 fully saturated rings. The molecule has 0 spiro atoms.